The maximum absolute atomic E-state index is 5.24. The van der Waals surface area contributed by atoms with E-state index in [1.165, 1.54) is 6.42 Å². The van der Waals surface area contributed by atoms with Gasteiger partial charge in [-0.3, -0.25) is 14.8 Å². The molecule has 2 saturated heterocycles. The molecule has 2 aromatic rings. The van der Waals surface area contributed by atoms with Crippen molar-refractivity contribution < 1.29 is 4.52 Å². The van der Waals surface area contributed by atoms with Gasteiger partial charge in [0.25, 0.3) is 0 Å². The Morgan fingerprint density at radius 1 is 1.23 bits per heavy atom. The quantitative estimate of drug-likeness (QED) is 0.827. The molecule has 2 aliphatic rings. The van der Waals surface area contributed by atoms with Gasteiger partial charge in [-0.1, -0.05) is 5.16 Å². The van der Waals surface area contributed by atoms with Gasteiger partial charge in [-0.05, 0) is 41.4 Å². The molecule has 2 aliphatic heterocycles. The van der Waals surface area contributed by atoms with Crippen LogP contribution < -0.4 is 0 Å². The normalized spacial score (nSPS) is 25.2. The van der Waals surface area contributed by atoms with E-state index in [2.05, 4.69) is 53.0 Å². The van der Waals surface area contributed by atoms with Crippen molar-refractivity contribution in [2.45, 2.75) is 38.5 Å². The minimum atomic E-state index is 0.590. The largest absolute Gasteiger partial charge is 0.338 e. The first-order valence-electron chi connectivity index (χ1n) is 7.55. The van der Waals surface area contributed by atoms with Gasteiger partial charge in [0.15, 0.2) is 5.82 Å². The van der Waals surface area contributed by atoms with Crippen LogP contribution in [0.3, 0.4) is 0 Å². The molecule has 0 radical (unpaired) electrons. The van der Waals surface area contributed by atoms with Gasteiger partial charge < -0.3 is 4.52 Å². The van der Waals surface area contributed by atoms with Gasteiger partial charge in [-0.15, -0.1) is 0 Å². The first-order chi connectivity index (χ1) is 10.7. The van der Waals surface area contributed by atoms with E-state index in [1.807, 2.05) is 13.1 Å². The first-order valence-corrected chi connectivity index (χ1v) is 8.34. The standard InChI is InChI=1S/C15H18BrN5O/c1-10-18-15(22-19-10)9-21-8-13-4-14(21)7-20(13)6-12-3-2-11(16)5-17-12/h2-3,5,13-14H,4,6-9H2,1H3. The Balaban J connectivity index is 1.36. The fraction of sp³-hybridized carbons (Fsp3) is 0.533. The van der Waals surface area contributed by atoms with Gasteiger partial charge in [0.1, 0.15) is 0 Å². The summed E-state index contributed by atoms with van der Waals surface area (Å²) in [6, 6.07) is 5.35. The molecule has 0 N–H and O–H groups in total. The minimum Gasteiger partial charge on any atom is -0.338 e. The van der Waals surface area contributed by atoms with Crippen LogP contribution in [-0.4, -0.2) is 50.1 Å². The second-order valence-electron chi connectivity index (χ2n) is 6.11. The first kappa shape index (κ1) is 14.3. The smallest absolute Gasteiger partial charge is 0.240 e. The fourth-order valence-corrected chi connectivity index (χ4v) is 3.74. The van der Waals surface area contributed by atoms with E-state index in [0.29, 0.717) is 17.9 Å². The van der Waals surface area contributed by atoms with Crippen molar-refractivity contribution in [3.8, 4) is 0 Å². The molecule has 0 aromatic carbocycles. The van der Waals surface area contributed by atoms with Crippen LogP contribution in [0.15, 0.2) is 27.3 Å². The predicted octanol–water partition coefficient (Wildman–Crippen LogP) is 1.99. The zero-order chi connectivity index (χ0) is 15.1. The molecule has 7 heteroatoms. The summed E-state index contributed by atoms with van der Waals surface area (Å²) in [5, 5.41) is 3.86. The van der Waals surface area contributed by atoms with E-state index in [4.69, 9.17) is 4.52 Å². The van der Waals surface area contributed by atoms with Crippen LogP contribution in [0.1, 0.15) is 23.8 Å². The summed E-state index contributed by atoms with van der Waals surface area (Å²) in [4.78, 5) is 13.8. The molecule has 0 saturated carbocycles. The molecular formula is C15H18BrN5O. The Labute approximate surface area is 137 Å². The number of piperazine rings is 1. The average Bonchev–Trinajstić information content (AvgIpc) is 3.18. The third-order valence-corrected chi connectivity index (χ3v) is 5.00. The number of halogens is 1. The number of aromatic nitrogens is 3. The molecule has 4 rings (SSSR count). The predicted molar refractivity (Wildman–Crippen MR) is 84.0 cm³/mol. The fourth-order valence-electron chi connectivity index (χ4n) is 3.51. The van der Waals surface area contributed by atoms with Crippen molar-refractivity contribution in [3.63, 3.8) is 0 Å². The third kappa shape index (κ3) is 2.80. The Morgan fingerprint density at radius 2 is 2.00 bits per heavy atom. The van der Waals surface area contributed by atoms with Gasteiger partial charge in [0, 0.05) is 42.4 Å². The number of fused-ring (bicyclic) bond motifs is 2. The molecule has 2 unspecified atom stereocenters. The summed E-state index contributed by atoms with van der Waals surface area (Å²) >= 11 is 3.43. The van der Waals surface area contributed by atoms with Crippen molar-refractivity contribution >= 4 is 15.9 Å². The van der Waals surface area contributed by atoms with E-state index >= 15 is 0 Å². The minimum absolute atomic E-state index is 0.590. The Hall–Kier alpha value is -1.31. The highest BCUT2D eigenvalue weighted by molar-refractivity contribution is 9.10. The average molecular weight is 364 g/mol. The van der Waals surface area contributed by atoms with Gasteiger partial charge in [-0.25, -0.2) is 0 Å². The SMILES string of the molecule is Cc1noc(CN2CC3CC2CN3Cc2ccc(Br)cn2)n1. The maximum atomic E-state index is 5.24. The summed E-state index contributed by atoms with van der Waals surface area (Å²) in [6.07, 6.45) is 3.09. The van der Waals surface area contributed by atoms with E-state index in [0.717, 1.165) is 42.2 Å². The molecule has 116 valence electrons. The Bertz CT molecular complexity index is 658. The molecule has 0 aliphatic carbocycles. The second-order valence-corrected chi connectivity index (χ2v) is 7.02. The highest BCUT2D eigenvalue weighted by atomic mass is 79.9. The molecule has 2 bridgehead atoms. The lowest BCUT2D eigenvalue weighted by molar-refractivity contribution is 0.107. The van der Waals surface area contributed by atoms with Crippen LogP contribution in [0.5, 0.6) is 0 Å². The van der Waals surface area contributed by atoms with Crippen LogP contribution in [0.25, 0.3) is 0 Å². The molecule has 4 heterocycles. The summed E-state index contributed by atoms with van der Waals surface area (Å²) in [6.45, 7) is 5.72. The van der Waals surface area contributed by atoms with E-state index < -0.39 is 0 Å². The lowest BCUT2D eigenvalue weighted by Crippen LogP contribution is -2.45. The van der Waals surface area contributed by atoms with Crippen LogP contribution in [-0.2, 0) is 13.1 Å². The number of nitrogens with zero attached hydrogens (tertiary/aromatic N) is 5. The van der Waals surface area contributed by atoms with Gasteiger partial charge in [0.2, 0.25) is 5.89 Å². The zero-order valence-corrected chi connectivity index (χ0v) is 14.0. The third-order valence-electron chi connectivity index (χ3n) is 4.53. The molecule has 2 aromatic heterocycles. The number of rotatable bonds is 4. The molecule has 6 nitrogen and oxygen atoms in total. The van der Waals surface area contributed by atoms with Crippen molar-refractivity contribution in [1.29, 1.82) is 0 Å². The number of hydrogen-bond acceptors (Lipinski definition) is 6. The van der Waals surface area contributed by atoms with E-state index in [-0.39, 0.29) is 0 Å². The molecule has 0 spiro atoms. The molecule has 2 atom stereocenters. The molecule has 22 heavy (non-hydrogen) atoms. The number of hydrogen-bond donors (Lipinski definition) is 0. The van der Waals surface area contributed by atoms with Crippen LogP contribution in [0.2, 0.25) is 0 Å². The molecule has 0 amide bonds. The highest BCUT2D eigenvalue weighted by Crippen LogP contribution is 2.32. The van der Waals surface area contributed by atoms with Gasteiger partial charge in [-0.2, -0.15) is 4.98 Å². The lowest BCUT2D eigenvalue weighted by Gasteiger charge is -2.33. The monoisotopic (exact) mass is 363 g/mol. The van der Waals surface area contributed by atoms with Crippen LogP contribution >= 0.6 is 15.9 Å². The second kappa shape index (κ2) is 5.72. The Kier molecular flexibility index (Phi) is 3.71. The highest BCUT2D eigenvalue weighted by Gasteiger charge is 2.43. The Morgan fingerprint density at radius 3 is 2.59 bits per heavy atom. The van der Waals surface area contributed by atoms with Crippen LogP contribution in [0, 0.1) is 6.92 Å². The topological polar surface area (TPSA) is 58.3 Å². The van der Waals surface area contributed by atoms with E-state index in [9.17, 15) is 0 Å². The van der Waals surface area contributed by atoms with E-state index in [1.54, 1.807) is 0 Å². The van der Waals surface area contributed by atoms with Crippen molar-refractivity contribution in [3.05, 3.63) is 40.2 Å². The summed E-state index contributed by atoms with van der Waals surface area (Å²) in [5.41, 5.74) is 1.13. The van der Waals surface area contributed by atoms with Crippen molar-refractivity contribution in [2.75, 3.05) is 13.1 Å². The van der Waals surface area contributed by atoms with Gasteiger partial charge >= 0.3 is 0 Å². The number of aryl methyl sites for hydroxylation is 1. The maximum Gasteiger partial charge on any atom is 0.240 e. The van der Waals surface area contributed by atoms with Crippen molar-refractivity contribution in [1.82, 2.24) is 24.9 Å². The number of likely N-dealkylation sites (tertiary alicyclic amines) is 2. The molecular weight excluding hydrogens is 346 g/mol. The summed E-state index contributed by atoms with van der Waals surface area (Å²) < 4.78 is 6.26. The van der Waals surface area contributed by atoms with Crippen molar-refractivity contribution in [2.24, 2.45) is 0 Å². The molecule has 2 fully saturated rings. The van der Waals surface area contributed by atoms with Crippen LogP contribution in [0.4, 0.5) is 0 Å². The zero-order valence-electron chi connectivity index (χ0n) is 12.4. The lowest BCUT2D eigenvalue weighted by atomic mass is 10.2. The number of pyridine rings is 1. The summed E-state index contributed by atoms with van der Waals surface area (Å²) in [7, 11) is 0. The van der Waals surface area contributed by atoms with Gasteiger partial charge in [0.05, 0.1) is 12.2 Å². The summed E-state index contributed by atoms with van der Waals surface area (Å²) in [5.74, 6) is 1.44.